The number of halogens is 3. The number of nitrogens with zero attached hydrogens (tertiary/aromatic N) is 2. The third-order valence-corrected chi connectivity index (χ3v) is 6.25. The molecular formula is C29H30F3N3O4. The van der Waals surface area contributed by atoms with E-state index in [2.05, 4.69) is 15.5 Å². The number of benzene rings is 2. The summed E-state index contributed by atoms with van der Waals surface area (Å²) in [6.07, 6.45) is -0.489. The van der Waals surface area contributed by atoms with Gasteiger partial charge in [0.2, 0.25) is 5.88 Å². The molecule has 1 fully saturated rings. The largest absolute Gasteiger partial charge is 0.468 e. The second-order valence-electron chi connectivity index (χ2n) is 9.20. The number of aromatic nitrogens is 1. The van der Waals surface area contributed by atoms with E-state index in [1.54, 1.807) is 18.3 Å². The number of rotatable bonds is 11. The molecule has 1 N–H and O–H groups in total. The molecule has 0 spiro atoms. The fraction of sp³-hybridized carbons (Fsp3) is 0.345. The number of carbonyl (C=O) groups is 1. The van der Waals surface area contributed by atoms with E-state index in [0.29, 0.717) is 41.6 Å². The highest BCUT2D eigenvalue weighted by Crippen LogP contribution is 2.29. The van der Waals surface area contributed by atoms with Crippen LogP contribution < -0.4 is 10.1 Å². The molecule has 3 aromatic rings. The number of alkyl halides is 3. The van der Waals surface area contributed by atoms with Gasteiger partial charge in [0.1, 0.15) is 6.61 Å². The first-order valence-corrected chi connectivity index (χ1v) is 12.7. The highest BCUT2D eigenvalue weighted by Gasteiger charge is 2.29. The standard InChI is InChI=1S/C29H30F3N3O4/c30-29(31,32)25-9-6-23(7-10-25)19-39-35-26(16-21-4-2-1-3-5-21)24-8-11-28(34-18-24)38-20-27(36)33-17-22-12-14-37-15-13-22/h1-11,18,22H,12-17,19-20H2,(H,33,36)/b35-26+. The van der Waals surface area contributed by atoms with Gasteiger partial charge in [0.05, 0.1) is 11.3 Å². The van der Waals surface area contributed by atoms with E-state index in [-0.39, 0.29) is 19.1 Å². The van der Waals surface area contributed by atoms with Gasteiger partial charge in [-0.2, -0.15) is 13.2 Å². The molecule has 0 radical (unpaired) electrons. The Labute approximate surface area is 225 Å². The molecule has 1 saturated heterocycles. The Bertz CT molecular complexity index is 1210. The van der Waals surface area contributed by atoms with E-state index >= 15 is 0 Å². The van der Waals surface area contributed by atoms with Gasteiger partial charge >= 0.3 is 6.18 Å². The first-order chi connectivity index (χ1) is 18.9. The second-order valence-corrected chi connectivity index (χ2v) is 9.20. The highest BCUT2D eigenvalue weighted by molar-refractivity contribution is 6.01. The van der Waals surface area contributed by atoms with Crippen LogP contribution >= 0.6 is 0 Å². The predicted molar refractivity (Wildman–Crippen MR) is 139 cm³/mol. The summed E-state index contributed by atoms with van der Waals surface area (Å²) in [6.45, 7) is 1.92. The van der Waals surface area contributed by atoms with Crippen molar-refractivity contribution in [1.29, 1.82) is 0 Å². The molecule has 4 rings (SSSR count). The fourth-order valence-corrected chi connectivity index (χ4v) is 3.99. The smallest absolute Gasteiger partial charge is 0.416 e. The van der Waals surface area contributed by atoms with Crippen molar-refractivity contribution in [2.24, 2.45) is 11.1 Å². The van der Waals surface area contributed by atoms with Gasteiger partial charge in [-0.25, -0.2) is 4.98 Å². The van der Waals surface area contributed by atoms with E-state index in [4.69, 9.17) is 14.3 Å². The Kier molecular flexibility index (Phi) is 9.91. The summed E-state index contributed by atoms with van der Waals surface area (Å²) >= 11 is 0. The van der Waals surface area contributed by atoms with Crippen LogP contribution in [-0.4, -0.2) is 43.0 Å². The summed E-state index contributed by atoms with van der Waals surface area (Å²) in [7, 11) is 0. The molecule has 1 aliphatic rings. The minimum atomic E-state index is -4.39. The third-order valence-electron chi connectivity index (χ3n) is 6.25. The first-order valence-electron chi connectivity index (χ1n) is 12.7. The van der Waals surface area contributed by atoms with Crippen LogP contribution in [0.2, 0.25) is 0 Å². The molecule has 0 unspecified atom stereocenters. The summed E-state index contributed by atoms with van der Waals surface area (Å²) in [5, 5.41) is 7.16. The molecule has 10 heteroatoms. The zero-order valence-electron chi connectivity index (χ0n) is 21.3. The van der Waals surface area contributed by atoms with Crippen LogP contribution in [0.3, 0.4) is 0 Å². The van der Waals surface area contributed by atoms with E-state index in [0.717, 1.165) is 43.8 Å². The van der Waals surface area contributed by atoms with Gasteiger partial charge in [-0.05, 0) is 48.1 Å². The van der Waals surface area contributed by atoms with Crippen molar-refractivity contribution in [3.63, 3.8) is 0 Å². The van der Waals surface area contributed by atoms with E-state index in [1.807, 2.05) is 30.3 Å². The lowest BCUT2D eigenvalue weighted by molar-refractivity contribution is -0.137. The third kappa shape index (κ3) is 9.10. The zero-order chi connectivity index (χ0) is 27.5. The fourth-order valence-electron chi connectivity index (χ4n) is 3.99. The lowest BCUT2D eigenvalue weighted by Crippen LogP contribution is -2.35. The van der Waals surface area contributed by atoms with Crippen molar-refractivity contribution in [1.82, 2.24) is 10.3 Å². The van der Waals surface area contributed by atoms with Gasteiger partial charge in [-0.1, -0.05) is 47.6 Å². The van der Waals surface area contributed by atoms with E-state index < -0.39 is 11.7 Å². The maximum Gasteiger partial charge on any atom is 0.416 e. The predicted octanol–water partition coefficient (Wildman–Crippen LogP) is 5.19. The molecule has 0 atom stereocenters. The Morgan fingerprint density at radius 3 is 2.41 bits per heavy atom. The molecule has 2 aromatic carbocycles. The minimum absolute atomic E-state index is 0.00798. The number of oxime groups is 1. The average Bonchev–Trinajstić information content (AvgIpc) is 2.96. The second kappa shape index (κ2) is 13.7. The Morgan fingerprint density at radius 2 is 1.74 bits per heavy atom. The average molecular weight is 542 g/mol. The maximum absolute atomic E-state index is 12.8. The molecule has 7 nitrogen and oxygen atoms in total. The van der Waals surface area contributed by atoms with Gasteiger partial charge < -0.3 is 19.6 Å². The van der Waals surface area contributed by atoms with Crippen molar-refractivity contribution < 1.29 is 32.3 Å². The molecular weight excluding hydrogens is 511 g/mol. The number of ether oxygens (including phenoxy) is 2. The molecule has 2 heterocycles. The van der Waals surface area contributed by atoms with Crippen LogP contribution in [0.5, 0.6) is 5.88 Å². The molecule has 1 aromatic heterocycles. The summed E-state index contributed by atoms with van der Waals surface area (Å²) in [5.41, 5.74) is 2.10. The van der Waals surface area contributed by atoms with E-state index in [1.165, 1.54) is 12.1 Å². The van der Waals surface area contributed by atoms with Crippen LogP contribution in [0.15, 0.2) is 78.1 Å². The lowest BCUT2D eigenvalue weighted by Gasteiger charge is -2.22. The number of hydrogen-bond acceptors (Lipinski definition) is 6. The molecule has 39 heavy (non-hydrogen) atoms. The molecule has 0 aliphatic carbocycles. The normalized spacial score (nSPS) is 14.6. The van der Waals surface area contributed by atoms with Crippen LogP contribution in [0, 0.1) is 5.92 Å². The van der Waals surface area contributed by atoms with Crippen LogP contribution in [0.1, 0.15) is 35.1 Å². The number of hydrogen-bond donors (Lipinski definition) is 1. The number of amides is 1. The number of nitrogens with one attached hydrogen (secondary N) is 1. The zero-order valence-corrected chi connectivity index (χ0v) is 21.3. The van der Waals surface area contributed by atoms with Crippen molar-refractivity contribution in [3.8, 4) is 5.88 Å². The van der Waals surface area contributed by atoms with Gasteiger partial charge in [-0.3, -0.25) is 4.79 Å². The maximum atomic E-state index is 12.8. The topological polar surface area (TPSA) is 82.0 Å². The first kappa shape index (κ1) is 28.1. The molecule has 206 valence electrons. The molecule has 0 saturated carbocycles. The quantitative estimate of drug-likeness (QED) is 0.267. The summed E-state index contributed by atoms with van der Waals surface area (Å²) in [4.78, 5) is 22.0. The summed E-state index contributed by atoms with van der Waals surface area (Å²) < 4.78 is 49.3. The van der Waals surface area contributed by atoms with Crippen molar-refractivity contribution in [2.45, 2.75) is 32.0 Å². The van der Waals surface area contributed by atoms with Crippen molar-refractivity contribution in [2.75, 3.05) is 26.4 Å². The van der Waals surface area contributed by atoms with E-state index in [9.17, 15) is 18.0 Å². The van der Waals surface area contributed by atoms with Gasteiger partial charge in [0.15, 0.2) is 6.61 Å². The molecule has 1 aliphatic heterocycles. The van der Waals surface area contributed by atoms with Crippen LogP contribution in [-0.2, 0) is 33.6 Å². The Balaban J connectivity index is 1.35. The Hall–Kier alpha value is -3.92. The number of pyridine rings is 1. The molecule has 0 bridgehead atoms. The SMILES string of the molecule is O=C(COc1ccc(/C(Cc2ccccc2)=N/OCc2ccc(C(F)(F)F)cc2)cn1)NCC1CCOCC1. The summed E-state index contributed by atoms with van der Waals surface area (Å²) in [6, 6.07) is 17.8. The van der Waals surface area contributed by atoms with Gasteiger partial charge in [-0.15, -0.1) is 0 Å². The minimum Gasteiger partial charge on any atom is -0.468 e. The highest BCUT2D eigenvalue weighted by atomic mass is 19.4. The van der Waals surface area contributed by atoms with Crippen molar-refractivity contribution in [3.05, 3.63) is 95.2 Å². The van der Waals surface area contributed by atoms with Gasteiger partial charge in [0, 0.05) is 44.0 Å². The monoisotopic (exact) mass is 541 g/mol. The Morgan fingerprint density at radius 1 is 1.00 bits per heavy atom. The van der Waals surface area contributed by atoms with Crippen LogP contribution in [0.4, 0.5) is 13.2 Å². The summed E-state index contributed by atoms with van der Waals surface area (Å²) in [5.74, 6) is 0.504. The van der Waals surface area contributed by atoms with Crippen LogP contribution in [0.25, 0.3) is 0 Å². The van der Waals surface area contributed by atoms with Crippen molar-refractivity contribution >= 4 is 11.6 Å². The lowest BCUT2D eigenvalue weighted by atomic mass is 10.0. The number of carbonyl (C=O) groups excluding carboxylic acids is 1. The van der Waals surface area contributed by atoms with Gasteiger partial charge in [0.25, 0.3) is 5.91 Å². The molecule has 1 amide bonds.